The SMILES string of the molecule is COc1cnc2[nH]cc(Cc3ccc(NCc4ccc(C)cc4)nc3)c2c1. The first kappa shape index (κ1) is 17.1. The molecular formula is C22H22N4O. The highest BCUT2D eigenvalue weighted by atomic mass is 16.5. The number of nitrogens with one attached hydrogen (secondary N) is 2. The second-order valence-electron chi connectivity index (χ2n) is 6.65. The summed E-state index contributed by atoms with van der Waals surface area (Å²) in [4.78, 5) is 12.1. The topological polar surface area (TPSA) is 62.8 Å². The van der Waals surface area contributed by atoms with Gasteiger partial charge in [0, 0.05) is 30.7 Å². The molecule has 0 amide bonds. The molecular weight excluding hydrogens is 336 g/mol. The fraction of sp³-hybridized carbons (Fsp3) is 0.182. The standard InChI is InChI=1S/C22H22N4O/c1-15-3-5-16(6-4-15)11-23-21-8-7-17(12-24-21)9-18-13-25-22-20(18)10-19(27-2)14-26-22/h3-8,10,12-14H,9,11H2,1-2H3,(H,23,24)(H,25,26). The molecule has 0 bridgehead atoms. The second-order valence-corrected chi connectivity index (χ2v) is 6.65. The van der Waals surface area contributed by atoms with Crippen LogP contribution in [0.1, 0.15) is 22.3 Å². The highest BCUT2D eigenvalue weighted by Gasteiger charge is 2.08. The van der Waals surface area contributed by atoms with Crippen molar-refractivity contribution in [2.75, 3.05) is 12.4 Å². The van der Waals surface area contributed by atoms with Crippen molar-refractivity contribution >= 4 is 16.9 Å². The molecule has 5 heteroatoms. The van der Waals surface area contributed by atoms with Gasteiger partial charge in [-0.15, -0.1) is 0 Å². The maximum absolute atomic E-state index is 5.29. The average Bonchev–Trinajstić information content (AvgIpc) is 3.10. The van der Waals surface area contributed by atoms with E-state index < -0.39 is 0 Å². The Balaban J connectivity index is 1.44. The normalized spacial score (nSPS) is 10.9. The van der Waals surface area contributed by atoms with Gasteiger partial charge in [0.05, 0.1) is 13.3 Å². The third kappa shape index (κ3) is 3.92. The summed E-state index contributed by atoms with van der Waals surface area (Å²) >= 11 is 0. The summed E-state index contributed by atoms with van der Waals surface area (Å²) in [6, 6.07) is 14.7. The Morgan fingerprint density at radius 1 is 1.00 bits per heavy atom. The summed E-state index contributed by atoms with van der Waals surface area (Å²) in [5, 5.41) is 4.45. The lowest BCUT2D eigenvalue weighted by Gasteiger charge is -2.07. The highest BCUT2D eigenvalue weighted by Crippen LogP contribution is 2.23. The van der Waals surface area contributed by atoms with Gasteiger partial charge in [0.2, 0.25) is 0 Å². The molecule has 4 rings (SSSR count). The van der Waals surface area contributed by atoms with Crippen molar-refractivity contribution in [3.8, 4) is 5.75 Å². The van der Waals surface area contributed by atoms with E-state index in [2.05, 4.69) is 57.5 Å². The summed E-state index contributed by atoms with van der Waals surface area (Å²) in [7, 11) is 1.65. The Labute approximate surface area is 158 Å². The van der Waals surface area contributed by atoms with E-state index in [0.717, 1.165) is 41.1 Å². The first-order chi connectivity index (χ1) is 13.2. The van der Waals surface area contributed by atoms with Crippen LogP contribution >= 0.6 is 0 Å². The van der Waals surface area contributed by atoms with E-state index in [-0.39, 0.29) is 0 Å². The molecule has 0 saturated heterocycles. The molecule has 2 N–H and O–H groups in total. The number of nitrogens with zero attached hydrogens (tertiary/aromatic N) is 2. The van der Waals surface area contributed by atoms with Crippen LogP contribution in [0.25, 0.3) is 11.0 Å². The number of H-pyrrole nitrogens is 1. The number of anilines is 1. The van der Waals surface area contributed by atoms with Crippen LogP contribution in [0.15, 0.2) is 61.1 Å². The molecule has 0 aliphatic carbocycles. The molecule has 0 atom stereocenters. The van der Waals surface area contributed by atoms with Gasteiger partial charge in [-0.3, -0.25) is 0 Å². The fourth-order valence-corrected chi connectivity index (χ4v) is 3.05. The maximum atomic E-state index is 5.29. The van der Waals surface area contributed by atoms with E-state index in [1.807, 2.05) is 24.5 Å². The van der Waals surface area contributed by atoms with Gasteiger partial charge in [-0.05, 0) is 35.7 Å². The Kier molecular flexibility index (Phi) is 4.75. The predicted octanol–water partition coefficient (Wildman–Crippen LogP) is 4.48. The molecule has 0 spiro atoms. The number of rotatable bonds is 6. The fourth-order valence-electron chi connectivity index (χ4n) is 3.05. The Bertz CT molecular complexity index is 1040. The highest BCUT2D eigenvalue weighted by molar-refractivity contribution is 5.81. The number of aromatic amines is 1. The Hall–Kier alpha value is -3.34. The molecule has 1 aromatic carbocycles. The summed E-state index contributed by atoms with van der Waals surface area (Å²) in [6.45, 7) is 2.86. The lowest BCUT2D eigenvalue weighted by atomic mass is 10.1. The molecule has 0 aliphatic heterocycles. The summed E-state index contributed by atoms with van der Waals surface area (Å²) in [5.41, 5.74) is 5.71. The van der Waals surface area contributed by atoms with Gasteiger partial charge >= 0.3 is 0 Å². The lowest BCUT2D eigenvalue weighted by Crippen LogP contribution is -2.01. The molecule has 136 valence electrons. The number of hydrogen-bond acceptors (Lipinski definition) is 4. The molecule has 5 nitrogen and oxygen atoms in total. The van der Waals surface area contributed by atoms with Crippen LogP contribution in [0, 0.1) is 6.92 Å². The van der Waals surface area contributed by atoms with Crippen molar-refractivity contribution in [2.24, 2.45) is 0 Å². The van der Waals surface area contributed by atoms with Gasteiger partial charge in [-0.25, -0.2) is 9.97 Å². The zero-order valence-corrected chi connectivity index (χ0v) is 15.5. The number of fused-ring (bicyclic) bond motifs is 1. The van der Waals surface area contributed by atoms with Crippen molar-refractivity contribution < 1.29 is 4.74 Å². The molecule has 3 aromatic heterocycles. The minimum atomic E-state index is 0.761. The number of ether oxygens (including phenoxy) is 1. The van der Waals surface area contributed by atoms with Gasteiger partial charge in [-0.2, -0.15) is 0 Å². The van der Waals surface area contributed by atoms with E-state index in [0.29, 0.717) is 0 Å². The van der Waals surface area contributed by atoms with Crippen molar-refractivity contribution in [1.82, 2.24) is 15.0 Å². The van der Waals surface area contributed by atoms with Crippen molar-refractivity contribution in [2.45, 2.75) is 19.9 Å². The van der Waals surface area contributed by atoms with Crippen LogP contribution < -0.4 is 10.1 Å². The number of methoxy groups -OCH3 is 1. The van der Waals surface area contributed by atoms with Gasteiger partial charge in [0.1, 0.15) is 17.2 Å². The Morgan fingerprint density at radius 2 is 1.81 bits per heavy atom. The van der Waals surface area contributed by atoms with Gasteiger partial charge in [-0.1, -0.05) is 35.9 Å². The summed E-state index contributed by atoms with van der Waals surface area (Å²) in [5.74, 6) is 1.64. The third-order valence-electron chi connectivity index (χ3n) is 4.64. The van der Waals surface area contributed by atoms with Crippen LogP contribution in [0.4, 0.5) is 5.82 Å². The summed E-state index contributed by atoms with van der Waals surface area (Å²) in [6.07, 6.45) is 6.43. The molecule has 0 radical (unpaired) electrons. The summed E-state index contributed by atoms with van der Waals surface area (Å²) < 4.78 is 5.29. The molecule has 3 heterocycles. The smallest absolute Gasteiger partial charge is 0.137 e. The quantitative estimate of drug-likeness (QED) is 0.533. The Morgan fingerprint density at radius 3 is 2.56 bits per heavy atom. The van der Waals surface area contributed by atoms with Crippen LogP contribution in [0.2, 0.25) is 0 Å². The van der Waals surface area contributed by atoms with Gasteiger partial charge in [0.15, 0.2) is 0 Å². The molecule has 0 unspecified atom stereocenters. The number of aromatic nitrogens is 3. The van der Waals surface area contributed by atoms with Crippen LogP contribution in [0.3, 0.4) is 0 Å². The predicted molar refractivity (Wildman–Crippen MR) is 108 cm³/mol. The van der Waals surface area contributed by atoms with E-state index in [1.54, 1.807) is 13.3 Å². The number of benzene rings is 1. The largest absolute Gasteiger partial charge is 0.495 e. The molecule has 27 heavy (non-hydrogen) atoms. The molecule has 0 fully saturated rings. The first-order valence-corrected chi connectivity index (χ1v) is 8.95. The van der Waals surface area contributed by atoms with Crippen LogP contribution in [-0.2, 0) is 13.0 Å². The molecule has 0 aliphatic rings. The average molecular weight is 358 g/mol. The van der Waals surface area contributed by atoms with E-state index in [9.17, 15) is 0 Å². The second kappa shape index (κ2) is 7.50. The van der Waals surface area contributed by atoms with Crippen LogP contribution in [0.5, 0.6) is 5.75 Å². The van der Waals surface area contributed by atoms with Crippen molar-refractivity contribution in [1.29, 1.82) is 0 Å². The zero-order valence-electron chi connectivity index (χ0n) is 15.5. The van der Waals surface area contributed by atoms with E-state index in [4.69, 9.17) is 4.74 Å². The lowest BCUT2D eigenvalue weighted by molar-refractivity contribution is 0.413. The van der Waals surface area contributed by atoms with Crippen molar-refractivity contribution in [3.05, 3.63) is 83.3 Å². The van der Waals surface area contributed by atoms with Crippen molar-refractivity contribution in [3.63, 3.8) is 0 Å². The number of aryl methyl sites for hydroxylation is 1. The van der Waals surface area contributed by atoms with E-state index >= 15 is 0 Å². The minimum absolute atomic E-state index is 0.761. The van der Waals surface area contributed by atoms with Crippen LogP contribution in [-0.4, -0.2) is 22.1 Å². The zero-order chi connectivity index (χ0) is 18.6. The maximum Gasteiger partial charge on any atom is 0.137 e. The number of hydrogen-bond donors (Lipinski definition) is 2. The molecule has 4 aromatic rings. The van der Waals surface area contributed by atoms with E-state index in [1.165, 1.54) is 16.7 Å². The van der Waals surface area contributed by atoms with Gasteiger partial charge < -0.3 is 15.0 Å². The molecule has 0 saturated carbocycles. The third-order valence-corrected chi connectivity index (χ3v) is 4.64. The van der Waals surface area contributed by atoms with Gasteiger partial charge in [0.25, 0.3) is 0 Å². The minimum Gasteiger partial charge on any atom is -0.495 e. The monoisotopic (exact) mass is 358 g/mol. The first-order valence-electron chi connectivity index (χ1n) is 8.95. The number of pyridine rings is 2.